The highest BCUT2D eigenvalue weighted by Crippen LogP contribution is 2.35. The highest BCUT2D eigenvalue weighted by Gasteiger charge is 2.37. The zero-order valence-corrected chi connectivity index (χ0v) is 15.6. The van der Waals surface area contributed by atoms with Gasteiger partial charge in [-0.25, -0.2) is 0 Å². The summed E-state index contributed by atoms with van der Waals surface area (Å²) >= 11 is 6.07. The summed E-state index contributed by atoms with van der Waals surface area (Å²) in [6.07, 6.45) is 0.188. The Morgan fingerprint density at radius 3 is 2.69 bits per heavy atom. The number of carbonyl (C=O) groups excluding carboxylic acids is 2. The first-order valence-corrected chi connectivity index (χ1v) is 8.80. The molecule has 26 heavy (non-hydrogen) atoms. The zero-order valence-electron chi connectivity index (χ0n) is 14.8. The molecular formula is C20H21ClN2O3. The Morgan fingerprint density at radius 1 is 1.27 bits per heavy atom. The summed E-state index contributed by atoms with van der Waals surface area (Å²) in [5, 5.41) is 0.518. The molecule has 2 aromatic rings. The van der Waals surface area contributed by atoms with Gasteiger partial charge in [-0.2, -0.15) is 0 Å². The lowest BCUT2D eigenvalue weighted by Gasteiger charge is -2.22. The average Bonchev–Trinajstić information content (AvgIpc) is 3.03. The van der Waals surface area contributed by atoms with E-state index in [0.717, 1.165) is 5.56 Å². The molecule has 1 fully saturated rings. The number of carbonyl (C=O) groups is 2. The van der Waals surface area contributed by atoms with E-state index in [2.05, 4.69) is 0 Å². The first-order chi connectivity index (χ1) is 12.5. The number of amides is 2. The number of benzene rings is 2. The van der Waals surface area contributed by atoms with Gasteiger partial charge in [0.15, 0.2) is 0 Å². The number of rotatable bonds is 5. The van der Waals surface area contributed by atoms with Crippen molar-refractivity contribution in [1.29, 1.82) is 0 Å². The van der Waals surface area contributed by atoms with Crippen LogP contribution in [0.5, 0.6) is 5.75 Å². The van der Waals surface area contributed by atoms with Crippen LogP contribution in [-0.2, 0) is 16.1 Å². The summed E-state index contributed by atoms with van der Waals surface area (Å²) in [7, 11) is 3.31. The van der Waals surface area contributed by atoms with Gasteiger partial charge in [0.25, 0.3) is 0 Å². The van der Waals surface area contributed by atoms with Gasteiger partial charge in [-0.05, 0) is 23.8 Å². The molecule has 0 saturated carbocycles. The van der Waals surface area contributed by atoms with E-state index in [-0.39, 0.29) is 24.2 Å². The molecule has 1 atom stereocenters. The molecule has 1 unspecified atom stereocenters. The van der Waals surface area contributed by atoms with E-state index in [9.17, 15) is 9.59 Å². The predicted octanol–water partition coefficient (Wildman–Crippen LogP) is 3.36. The molecular weight excluding hydrogens is 352 g/mol. The van der Waals surface area contributed by atoms with Crippen LogP contribution in [0.3, 0.4) is 0 Å². The van der Waals surface area contributed by atoms with Crippen molar-refractivity contribution in [3.63, 3.8) is 0 Å². The summed E-state index contributed by atoms with van der Waals surface area (Å²) in [5.74, 6) is 0.0520. The van der Waals surface area contributed by atoms with Gasteiger partial charge in [-0.15, -0.1) is 0 Å². The van der Waals surface area contributed by atoms with Crippen molar-refractivity contribution in [2.45, 2.75) is 13.0 Å². The third kappa shape index (κ3) is 3.83. The normalized spacial score (nSPS) is 16.7. The second kappa shape index (κ2) is 7.79. The number of ether oxygens (including phenoxy) is 1. The fraction of sp³-hybridized carbons (Fsp3) is 0.300. The number of hydrogen-bond acceptors (Lipinski definition) is 3. The Bertz CT molecular complexity index is 810. The van der Waals surface area contributed by atoms with Crippen molar-refractivity contribution >= 4 is 29.1 Å². The second-order valence-corrected chi connectivity index (χ2v) is 6.84. The number of nitrogens with zero attached hydrogens (tertiary/aromatic N) is 2. The molecule has 1 aliphatic heterocycles. The van der Waals surface area contributed by atoms with Crippen LogP contribution in [0.4, 0.5) is 5.69 Å². The Morgan fingerprint density at radius 2 is 2.00 bits per heavy atom. The van der Waals surface area contributed by atoms with E-state index in [1.807, 2.05) is 30.3 Å². The third-order valence-electron chi connectivity index (χ3n) is 4.54. The van der Waals surface area contributed by atoms with Crippen molar-refractivity contribution in [2.24, 2.45) is 5.92 Å². The summed E-state index contributed by atoms with van der Waals surface area (Å²) in [5.41, 5.74) is 1.66. The monoisotopic (exact) mass is 372 g/mol. The zero-order chi connectivity index (χ0) is 18.7. The Balaban J connectivity index is 1.73. The fourth-order valence-corrected chi connectivity index (χ4v) is 3.39. The highest BCUT2D eigenvalue weighted by atomic mass is 35.5. The maximum absolute atomic E-state index is 12.8. The molecule has 0 bridgehead atoms. The minimum absolute atomic E-state index is 0.0364. The van der Waals surface area contributed by atoms with E-state index < -0.39 is 0 Å². The van der Waals surface area contributed by atoms with Crippen molar-refractivity contribution in [3.05, 3.63) is 59.1 Å². The molecule has 2 aromatic carbocycles. The number of anilines is 1. The first kappa shape index (κ1) is 18.3. The molecule has 6 heteroatoms. The van der Waals surface area contributed by atoms with E-state index >= 15 is 0 Å². The Labute approximate surface area is 158 Å². The lowest BCUT2D eigenvalue weighted by atomic mass is 10.1. The molecule has 0 N–H and O–H groups in total. The van der Waals surface area contributed by atoms with Crippen molar-refractivity contribution < 1.29 is 14.3 Å². The summed E-state index contributed by atoms with van der Waals surface area (Å²) < 4.78 is 5.34. The molecule has 1 saturated heterocycles. The number of halogens is 1. The van der Waals surface area contributed by atoms with Gasteiger partial charge in [0, 0.05) is 31.6 Å². The van der Waals surface area contributed by atoms with Gasteiger partial charge < -0.3 is 14.5 Å². The highest BCUT2D eigenvalue weighted by molar-refractivity contribution is 6.31. The molecule has 5 nitrogen and oxygen atoms in total. The SMILES string of the molecule is COc1ccc(Cl)cc1N1CC(C(=O)N(C)Cc2ccccc2)CC1=O. The molecule has 0 aromatic heterocycles. The van der Waals surface area contributed by atoms with Crippen molar-refractivity contribution in [1.82, 2.24) is 4.90 Å². The molecule has 1 aliphatic rings. The summed E-state index contributed by atoms with van der Waals surface area (Å²) in [6.45, 7) is 0.846. The van der Waals surface area contributed by atoms with Gasteiger partial charge in [0.1, 0.15) is 5.75 Å². The molecule has 0 spiro atoms. The predicted molar refractivity (Wildman–Crippen MR) is 101 cm³/mol. The van der Waals surface area contributed by atoms with Crippen LogP contribution >= 0.6 is 11.6 Å². The van der Waals surface area contributed by atoms with Gasteiger partial charge >= 0.3 is 0 Å². The van der Waals surface area contributed by atoms with Gasteiger partial charge in [-0.3, -0.25) is 9.59 Å². The van der Waals surface area contributed by atoms with Crippen LogP contribution in [0.2, 0.25) is 5.02 Å². The van der Waals surface area contributed by atoms with E-state index in [1.54, 1.807) is 42.2 Å². The topological polar surface area (TPSA) is 49.9 Å². The van der Waals surface area contributed by atoms with Crippen LogP contribution < -0.4 is 9.64 Å². The van der Waals surface area contributed by atoms with Gasteiger partial charge in [-0.1, -0.05) is 41.9 Å². The van der Waals surface area contributed by atoms with Gasteiger partial charge in [0.05, 0.1) is 18.7 Å². The minimum atomic E-state index is -0.375. The van der Waals surface area contributed by atoms with Crippen LogP contribution in [0.1, 0.15) is 12.0 Å². The molecule has 136 valence electrons. The average molecular weight is 373 g/mol. The lowest BCUT2D eigenvalue weighted by Crippen LogP contribution is -2.34. The van der Waals surface area contributed by atoms with E-state index in [4.69, 9.17) is 16.3 Å². The van der Waals surface area contributed by atoms with Crippen molar-refractivity contribution in [2.75, 3.05) is 25.6 Å². The third-order valence-corrected chi connectivity index (χ3v) is 4.78. The summed E-state index contributed by atoms with van der Waals surface area (Å²) in [4.78, 5) is 28.5. The molecule has 1 heterocycles. The Kier molecular flexibility index (Phi) is 5.47. The van der Waals surface area contributed by atoms with Gasteiger partial charge in [0.2, 0.25) is 11.8 Å². The standard InChI is InChI=1S/C20H21ClN2O3/c1-22(12-14-6-4-3-5-7-14)20(25)15-10-19(24)23(13-15)17-11-16(21)8-9-18(17)26-2/h3-9,11,15H,10,12-13H2,1-2H3. The fourth-order valence-electron chi connectivity index (χ4n) is 3.23. The molecule has 0 radical (unpaired) electrons. The van der Waals surface area contributed by atoms with Crippen LogP contribution in [0, 0.1) is 5.92 Å². The van der Waals surface area contributed by atoms with Crippen LogP contribution in [0.25, 0.3) is 0 Å². The quantitative estimate of drug-likeness (QED) is 0.808. The van der Waals surface area contributed by atoms with Crippen LogP contribution in [0.15, 0.2) is 48.5 Å². The summed E-state index contributed by atoms with van der Waals surface area (Å²) in [6, 6.07) is 14.9. The maximum atomic E-state index is 12.8. The van der Waals surface area contributed by atoms with Crippen LogP contribution in [-0.4, -0.2) is 37.4 Å². The molecule has 2 amide bonds. The lowest BCUT2D eigenvalue weighted by molar-refractivity contribution is -0.135. The largest absolute Gasteiger partial charge is 0.495 e. The molecule has 0 aliphatic carbocycles. The van der Waals surface area contributed by atoms with E-state index in [1.165, 1.54) is 0 Å². The Hall–Kier alpha value is -2.53. The smallest absolute Gasteiger partial charge is 0.228 e. The maximum Gasteiger partial charge on any atom is 0.228 e. The number of methoxy groups -OCH3 is 1. The first-order valence-electron chi connectivity index (χ1n) is 8.42. The minimum Gasteiger partial charge on any atom is -0.495 e. The van der Waals surface area contributed by atoms with E-state index in [0.29, 0.717) is 29.5 Å². The van der Waals surface area contributed by atoms with Crippen molar-refractivity contribution in [3.8, 4) is 5.75 Å². The number of hydrogen-bond donors (Lipinski definition) is 0. The second-order valence-electron chi connectivity index (χ2n) is 6.40. The molecule has 3 rings (SSSR count).